The van der Waals surface area contributed by atoms with Gasteiger partial charge in [0.15, 0.2) is 0 Å². The highest BCUT2D eigenvalue weighted by atomic mass is 16.4. The number of nitrogens with one attached hydrogen (secondary N) is 2. The van der Waals surface area contributed by atoms with Crippen molar-refractivity contribution in [3.05, 3.63) is 60.5 Å². The molecule has 0 radical (unpaired) electrons. The molecule has 0 saturated heterocycles. The summed E-state index contributed by atoms with van der Waals surface area (Å²) in [6, 6.07) is 1.81. The summed E-state index contributed by atoms with van der Waals surface area (Å²) in [7, 11) is 1.81. The summed E-state index contributed by atoms with van der Waals surface area (Å²) in [5, 5.41) is 9.96. The first-order valence-corrected chi connectivity index (χ1v) is 9.17. The maximum atomic E-state index is 12.3. The van der Waals surface area contributed by atoms with Crippen LogP contribution in [0.3, 0.4) is 0 Å². The number of oxazole rings is 1. The molecule has 0 fully saturated rings. The van der Waals surface area contributed by atoms with Gasteiger partial charge in [0.25, 0.3) is 5.89 Å². The van der Waals surface area contributed by atoms with Crippen molar-refractivity contribution in [3.8, 4) is 11.4 Å². The highest BCUT2D eigenvalue weighted by Gasteiger charge is 2.17. The van der Waals surface area contributed by atoms with Gasteiger partial charge in [-0.1, -0.05) is 0 Å². The Kier molecular flexibility index (Phi) is 5.42. The number of nitrogens with zero attached hydrogens (tertiary/aromatic N) is 7. The Bertz CT molecular complexity index is 1150. The molecule has 30 heavy (non-hydrogen) atoms. The Morgan fingerprint density at radius 1 is 1.20 bits per heavy atom. The number of hydrogen-bond donors (Lipinski definition) is 2. The zero-order valence-electron chi connectivity index (χ0n) is 16.4. The molecular formula is C19H19N9O2. The summed E-state index contributed by atoms with van der Waals surface area (Å²) >= 11 is 0. The van der Waals surface area contributed by atoms with E-state index in [2.05, 4.69) is 40.7 Å². The minimum absolute atomic E-state index is 0.0338. The zero-order valence-corrected chi connectivity index (χ0v) is 16.4. The highest BCUT2D eigenvalue weighted by Crippen LogP contribution is 2.22. The van der Waals surface area contributed by atoms with E-state index in [1.54, 1.807) is 29.5 Å². The van der Waals surface area contributed by atoms with Crippen molar-refractivity contribution in [2.24, 2.45) is 7.05 Å². The van der Waals surface area contributed by atoms with E-state index in [4.69, 9.17) is 4.42 Å². The molecule has 4 rings (SSSR count). The molecule has 11 nitrogen and oxygen atoms in total. The maximum Gasteiger partial charge on any atom is 0.307 e. The molecular weight excluding hydrogens is 386 g/mol. The third kappa shape index (κ3) is 4.29. The molecule has 0 aliphatic carbocycles. The molecule has 4 aromatic heterocycles. The predicted octanol–water partition coefficient (Wildman–Crippen LogP) is 1.68. The van der Waals surface area contributed by atoms with E-state index in [1.807, 2.05) is 20.0 Å². The molecule has 0 aromatic carbocycles. The SMILES string of the molecule is Cc1cnc(Nc2ccnn2C)nc1-c1coc(C(=O)NCCc2cncnc2)n1. The molecule has 0 aliphatic rings. The minimum atomic E-state index is -0.405. The van der Waals surface area contributed by atoms with Gasteiger partial charge in [-0.2, -0.15) is 5.10 Å². The molecule has 0 spiro atoms. The number of amides is 1. The Morgan fingerprint density at radius 3 is 2.80 bits per heavy atom. The number of carbonyl (C=O) groups excluding carboxylic acids is 1. The van der Waals surface area contributed by atoms with Gasteiger partial charge in [0.05, 0.1) is 6.20 Å². The van der Waals surface area contributed by atoms with Crippen molar-refractivity contribution in [2.45, 2.75) is 13.3 Å². The predicted molar refractivity (Wildman–Crippen MR) is 107 cm³/mol. The Morgan fingerprint density at radius 2 is 2.03 bits per heavy atom. The third-order valence-corrected chi connectivity index (χ3v) is 4.29. The second kappa shape index (κ2) is 8.47. The summed E-state index contributed by atoms with van der Waals surface area (Å²) in [5.74, 6) is 0.693. The number of hydrogen-bond acceptors (Lipinski definition) is 9. The Balaban J connectivity index is 1.44. The first-order chi connectivity index (χ1) is 14.6. The lowest BCUT2D eigenvalue weighted by Gasteiger charge is -2.07. The van der Waals surface area contributed by atoms with Crippen LogP contribution in [0.15, 0.2) is 47.9 Å². The smallest absolute Gasteiger partial charge is 0.307 e. The van der Waals surface area contributed by atoms with Crippen LogP contribution < -0.4 is 10.6 Å². The number of rotatable bonds is 7. The fraction of sp³-hybridized carbons (Fsp3) is 0.211. The van der Waals surface area contributed by atoms with Crippen LogP contribution >= 0.6 is 0 Å². The average Bonchev–Trinajstić information content (AvgIpc) is 3.40. The number of anilines is 2. The van der Waals surface area contributed by atoms with E-state index in [9.17, 15) is 4.79 Å². The molecule has 0 aliphatic heterocycles. The maximum absolute atomic E-state index is 12.3. The molecule has 4 aromatic rings. The molecule has 152 valence electrons. The van der Waals surface area contributed by atoms with E-state index < -0.39 is 5.91 Å². The van der Waals surface area contributed by atoms with Crippen LogP contribution in [0, 0.1) is 6.92 Å². The second-order valence-electron chi connectivity index (χ2n) is 6.48. The molecule has 0 bridgehead atoms. The van der Waals surface area contributed by atoms with Crippen molar-refractivity contribution in [2.75, 3.05) is 11.9 Å². The van der Waals surface area contributed by atoms with Crippen LogP contribution in [0.2, 0.25) is 0 Å². The fourth-order valence-corrected chi connectivity index (χ4v) is 2.71. The fourth-order valence-electron chi connectivity index (χ4n) is 2.71. The lowest BCUT2D eigenvalue weighted by atomic mass is 10.2. The quantitative estimate of drug-likeness (QED) is 0.470. The Hall–Kier alpha value is -4.15. The topological polar surface area (TPSA) is 137 Å². The van der Waals surface area contributed by atoms with E-state index in [0.717, 1.165) is 16.9 Å². The largest absolute Gasteiger partial charge is 0.440 e. The van der Waals surface area contributed by atoms with Gasteiger partial charge in [0.2, 0.25) is 5.95 Å². The number of carbonyl (C=O) groups is 1. The molecule has 0 saturated carbocycles. The van der Waals surface area contributed by atoms with Gasteiger partial charge < -0.3 is 15.1 Å². The Labute approximate surface area is 171 Å². The molecule has 11 heteroatoms. The number of aryl methyl sites for hydroxylation is 2. The van der Waals surface area contributed by atoms with Crippen molar-refractivity contribution >= 4 is 17.7 Å². The van der Waals surface area contributed by atoms with Gasteiger partial charge in [-0.25, -0.2) is 24.9 Å². The number of aromatic nitrogens is 7. The van der Waals surface area contributed by atoms with Crippen LogP contribution in [0.4, 0.5) is 11.8 Å². The zero-order chi connectivity index (χ0) is 20.9. The molecule has 0 unspecified atom stereocenters. The summed E-state index contributed by atoms with van der Waals surface area (Å²) in [4.78, 5) is 33.3. The van der Waals surface area contributed by atoms with E-state index in [0.29, 0.717) is 30.3 Å². The first-order valence-electron chi connectivity index (χ1n) is 9.17. The monoisotopic (exact) mass is 405 g/mol. The van der Waals surface area contributed by atoms with E-state index in [-0.39, 0.29) is 5.89 Å². The van der Waals surface area contributed by atoms with Gasteiger partial charge in [-0.15, -0.1) is 0 Å². The first kappa shape index (κ1) is 19.2. The minimum Gasteiger partial charge on any atom is -0.440 e. The van der Waals surface area contributed by atoms with Crippen LogP contribution in [-0.2, 0) is 13.5 Å². The van der Waals surface area contributed by atoms with Crippen LogP contribution in [0.25, 0.3) is 11.4 Å². The van der Waals surface area contributed by atoms with Gasteiger partial charge in [0, 0.05) is 38.2 Å². The van der Waals surface area contributed by atoms with Gasteiger partial charge in [-0.3, -0.25) is 9.48 Å². The lowest BCUT2D eigenvalue weighted by Crippen LogP contribution is -2.26. The molecule has 4 heterocycles. The van der Waals surface area contributed by atoms with Crippen LogP contribution in [0.5, 0.6) is 0 Å². The summed E-state index contributed by atoms with van der Waals surface area (Å²) in [5.41, 5.74) is 2.74. The van der Waals surface area contributed by atoms with Crippen LogP contribution in [0.1, 0.15) is 21.8 Å². The normalized spacial score (nSPS) is 10.7. The van der Waals surface area contributed by atoms with Gasteiger partial charge in [0.1, 0.15) is 29.8 Å². The van der Waals surface area contributed by atoms with E-state index in [1.165, 1.54) is 12.6 Å². The van der Waals surface area contributed by atoms with Crippen molar-refractivity contribution in [1.82, 2.24) is 40.0 Å². The van der Waals surface area contributed by atoms with Crippen molar-refractivity contribution in [3.63, 3.8) is 0 Å². The second-order valence-corrected chi connectivity index (χ2v) is 6.48. The summed E-state index contributed by atoms with van der Waals surface area (Å²) in [6.45, 7) is 2.27. The van der Waals surface area contributed by atoms with Gasteiger partial charge in [-0.05, 0) is 24.5 Å². The summed E-state index contributed by atoms with van der Waals surface area (Å²) in [6.07, 6.45) is 10.2. The highest BCUT2D eigenvalue weighted by molar-refractivity contribution is 5.90. The van der Waals surface area contributed by atoms with Crippen molar-refractivity contribution in [1.29, 1.82) is 0 Å². The molecule has 1 amide bonds. The lowest BCUT2D eigenvalue weighted by molar-refractivity contribution is 0.0919. The summed E-state index contributed by atoms with van der Waals surface area (Å²) < 4.78 is 7.03. The standard InChI is InChI=1S/C19H19N9O2/c1-12-7-23-19(26-15-4-6-24-28(15)2)27-16(12)14-10-30-18(25-14)17(29)22-5-3-13-8-20-11-21-9-13/h4,6-11H,3,5H2,1-2H3,(H,22,29)(H,23,26,27). The molecule has 0 atom stereocenters. The third-order valence-electron chi connectivity index (χ3n) is 4.29. The molecule has 2 N–H and O–H groups in total. The van der Waals surface area contributed by atoms with Gasteiger partial charge >= 0.3 is 5.91 Å². The average molecular weight is 405 g/mol. The van der Waals surface area contributed by atoms with E-state index >= 15 is 0 Å². The van der Waals surface area contributed by atoms with Crippen molar-refractivity contribution < 1.29 is 9.21 Å². The van der Waals surface area contributed by atoms with Crippen LogP contribution in [-0.4, -0.2) is 47.2 Å².